The van der Waals surface area contributed by atoms with Crippen LogP contribution in [-0.4, -0.2) is 24.4 Å². The Hall–Kier alpha value is -2.08. The number of benzene rings is 1. The highest BCUT2D eigenvalue weighted by Crippen LogP contribution is 2.20. The molecule has 0 fully saturated rings. The lowest BCUT2D eigenvalue weighted by atomic mass is 10.3. The molecule has 0 bridgehead atoms. The molecule has 6 heteroatoms. The Bertz CT molecular complexity index is 631. The molecular weight excluding hydrogens is 264 g/mol. The first-order valence-electron chi connectivity index (χ1n) is 5.77. The highest BCUT2D eigenvalue weighted by molar-refractivity contribution is 7.07. The Balaban J connectivity index is 2.47. The lowest BCUT2D eigenvalue weighted by molar-refractivity contribution is 0.162. The molecule has 5 nitrogen and oxygen atoms in total. The van der Waals surface area contributed by atoms with Crippen LogP contribution in [0.15, 0.2) is 40.8 Å². The van der Waals surface area contributed by atoms with Crippen molar-refractivity contribution in [1.29, 1.82) is 0 Å². The number of carbonyl (C=O) groups is 1. The van der Waals surface area contributed by atoms with Gasteiger partial charge in [0.1, 0.15) is 5.75 Å². The molecule has 2 aromatic rings. The van der Waals surface area contributed by atoms with Crippen LogP contribution in [0.4, 0.5) is 4.79 Å². The number of hydrogen-bond donors (Lipinski definition) is 0. The smallest absolute Gasteiger partial charge is 0.436 e. The topological polar surface area (TPSA) is 52.8 Å². The zero-order valence-corrected chi connectivity index (χ0v) is 11.5. The summed E-state index contributed by atoms with van der Waals surface area (Å²) in [6, 6.07) is 7.54. The Kier molecular flexibility index (Phi) is 4.35. The van der Waals surface area contributed by atoms with Gasteiger partial charge in [-0.3, -0.25) is 4.57 Å². The van der Waals surface area contributed by atoms with Gasteiger partial charge in [0.15, 0.2) is 0 Å². The van der Waals surface area contributed by atoms with Crippen molar-refractivity contribution in [2.45, 2.75) is 6.92 Å². The first-order chi connectivity index (χ1) is 9.26. The summed E-state index contributed by atoms with van der Waals surface area (Å²) in [6.07, 6.45) is 1.24. The summed E-state index contributed by atoms with van der Waals surface area (Å²) in [5, 5.41) is 1.85. The van der Waals surface area contributed by atoms with E-state index >= 15 is 0 Å². The summed E-state index contributed by atoms with van der Waals surface area (Å²) in [5.41, 5.74) is 0.828. The second-order valence-electron chi connectivity index (χ2n) is 3.54. The van der Waals surface area contributed by atoms with Crippen molar-refractivity contribution < 1.29 is 14.3 Å². The van der Waals surface area contributed by atoms with Crippen LogP contribution in [0, 0.1) is 0 Å². The third-order valence-electron chi connectivity index (χ3n) is 2.39. The van der Waals surface area contributed by atoms with Crippen LogP contribution in [0.5, 0.6) is 5.75 Å². The number of methoxy groups -OCH3 is 1. The molecule has 0 N–H and O–H groups in total. The highest BCUT2D eigenvalue weighted by Gasteiger charge is 2.07. The molecule has 0 aliphatic carbocycles. The molecule has 0 aliphatic heterocycles. The summed E-state index contributed by atoms with van der Waals surface area (Å²) in [5.74, 6) is 0.714. The van der Waals surface area contributed by atoms with E-state index in [9.17, 15) is 4.79 Å². The van der Waals surface area contributed by atoms with E-state index in [0.29, 0.717) is 17.2 Å². The molecule has 0 saturated carbocycles. The summed E-state index contributed by atoms with van der Waals surface area (Å²) in [6.45, 7) is 2.05. The molecule has 1 aromatic heterocycles. The standard InChI is InChI=1S/C13H14N2O3S/c1-3-18-13(16)14-12-15(8-9-19-12)10-6-4-5-7-11(10)17-2/h4-9H,3H2,1-2H3/b14-12-. The number of ether oxygens (including phenoxy) is 2. The molecule has 2 rings (SSSR count). The average Bonchev–Trinajstić information content (AvgIpc) is 2.86. The highest BCUT2D eigenvalue weighted by atomic mass is 32.1. The van der Waals surface area contributed by atoms with Gasteiger partial charge in [-0.25, -0.2) is 4.79 Å². The van der Waals surface area contributed by atoms with Crippen molar-refractivity contribution in [3.63, 3.8) is 0 Å². The maximum absolute atomic E-state index is 11.4. The van der Waals surface area contributed by atoms with E-state index in [2.05, 4.69) is 4.99 Å². The molecule has 0 aliphatic rings. The van der Waals surface area contributed by atoms with E-state index in [1.807, 2.05) is 35.8 Å². The van der Waals surface area contributed by atoms with Gasteiger partial charge in [0.05, 0.1) is 19.4 Å². The van der Waals surface area contributed by atoms with Gasteiger partial charge in [-0.05, 0) is 19.1 Å². The number of aromatic nitrogens is 1. The van der Waals surface area contributed by atoms with E-state index in [1.165, 1.54) is 11.3 Å². The number of carbonyl (C=O) groups excluding carboxylic acids is 1. The minimum atomic E-state index is -0.589. The molecule has 19 heavy (non-hydrogen) atoms. The second kappa shape index (κ2) is 6.19. The molecule has 100 valence electrons. The van der Waals surface area contributed by atoms with Crippen molar-refractivity contribution >= 4 is 17.4 Å². The normalized spacial score (nSPS) is 11.4. The molecule has 0 atom stereocenters. The van der Waals surface area contributed by atoms with Crippen LogP contribution in [0.2, 0.25) is 0 Å². The van der Waals surface area contributed by atoms with Gasteiger partial charge in [0, 0.05) is 11.6 Å². The van der Waals surface area contributed by atoms with Crippen molar-refractivity contribution in [1.82, 2.24) is 4.57 Å². The van der Waals surface area contributed by atoms with E-state index in [-0.39, 0.29) is 0 Å². The number of para-hydroxylation sites is 2. The Morgan fingerprint density at radius 2 is 2.21 bits per heavy atom. The lowest BCUT2D eigenvalue weighted by Crippen LogP contribution is -2.15. The molecule has 0 spiro atoms. The van der Waals surface area contributed by atoms with Gasteiger partial charge in [-0.15, -0.1) is 16.3 Å². The lowest BCUT2D eigenvalue weighted by Gasteiger charge is -2.08. The average molecular weight is 278 g/mol. The van der Waals surface area contributed by atoms with Gasteiger partial charge in [0.2, 0.25) is 4.80 Å². The fourth-order valence-electron chi connectivity index (χ4n) is 1.60. The second-order valence-corrected chi connectivity index (χ2v) is 4.41. The predicted molar refractivity (Wildman–Crippen MR) is 72.8 cm³/mol. The summed E-state index contributed by atoms with van der Waals surface area (Å²) in [7, 11) is 1.61. The van der Waals surface area contributed by atoms with E-state index in [1.54, 1.807) is 18.6 Å². The van der Waals surface area contributed by atoms with Crippen LogP contribution in [-0.2, 0) is 4.74 Å². The summed E-state index contributed by atoms with van der Waals surface area (Å²) in [4.78, 5) is 15.9. The number of hydrogen-bond acceptors (Lipinski definition) is 4. The van der Waals surface area contributed by atoms with Crippen LogP contribution in [0.25, 0.3) is 5.69 Å². The van der Waals surface area contributed by atoms with Crippen molar-refractivity contribution in [3.8, 4) is 11.4 Å². The minimum Gasteiger partial charge on any atom is -0.495 e. The SMILES string of the molecule is CCOC(=O)/N=c1\sccn1-c1ccccc1OC. The summed E-state index contributed by atoms with van der Waals surface area (Å²) < 4.78 is 11.9. The number of nitrogens with zero attached hydrogens (tertiary/aromatic N) is 2. The maximum Gasteiger partial charge on any atom is 0.436 e. The molecule has 0 saturated heterocycles. The van der Waals surface area contributed by atoms with Crippen LogP contribution < -0.4 is 9.54 Å². The third-order valence-corrected chi connectivity index (χ3v) is 3.15. The minimum absolute atomic E-state index is 0.308. The number of rotatable bonds is 3. The number of thiazole rings is 1. The fraction of sp³-hybridized carbons (Fsp3) is 0.231. The molecular formula is C13H14N2O3S. The molecule has 1 aromatic carbocycles. The Labute approximate surface area is 114 Å². The molecule has 1 amide bonds. The summed E-state index contributed by atoms with van der Waals surface area (Å²) >= 11 is 1.36. The molecule has 0 unspecified atom stereocenters. The quantitative estimate of drug-likeness (QED) is 0.867. The zero-order valence-electron chi connectivity index (χ0n) is 10.7. The van der Waals surface area contributed by atoms with Crippen LogP contribution in [0.1, 0.15) is 6.92 Å². The monoisotopic (exact) mass is 278 g/mol. The first kappa shape index (κ1) is 13.4. The molecule has 1 heterocycles. The van der Waals surface area contributed by atoms with Crippen molar-refractivity contribution in [2.24, 2.45) is 4.99 Å². The number of amides is 1. The van der Waals surface area contributed by atoms with Gasteiger partial charge < -0.3 is 9.47 Å². The van der Waals surface area contributed by atoms with Crippen LogP contribution in [0.3, 0.4) is 0 Å². The maximum atomic E-state index is 11.4. The van der Waals surface area contributed by atoms with Gasteiger partial charge in [-0.1, -0.05) is 12.1 Å². The Morgan fingerprint density at radius 3 is 2.95 bits per heavy atom. The van der Waals surface area contributed by atoms with E-state index in [0.717, 1.165) is 5.69 Å². The van der Waals surface area contributed by atoms with Crippen molar-refractivity contribution in [2.75, 3.05) is 13.7 Å². The largest absolute Gasteiger partial charge is 0.495 e. The third kappa shape index (κ3) is 3.03. The van der Waals surface area contributed by atoms with Gasteiger partial charge in [0.25, 0.3) is 0 Å². The van der Waals surface area contributed by atoms with Crippen molar-refractivity contribution in [3.05, 3.63) is 40.6 Å². The van der Waals surface area contributed by atoms with E-state index in [4.69, 9.17) is 9.47 Å². The van der Waals surface area contributed by atoms with E-state index < -0.39 is 6.09 Å². The Morgan fingerprint density at radius 1 is 1.42 bits per heavy atom. The molecule has 0 radical (unpaired) electrons. The fourth-order valence-corrected chi connectivity index (χ4v) is 2.30. The predicted octanol–water partition coefficient (Wildman–Crippen LogP) is 2.60. The van der Waals surface area contributed by atoms with Crippen LogP contribution >= 0.6 is 11.3 Å². The van der Waals surface area contributed by atoms with Gasteiger partial charge in [-0.2, -0.15) is 0 Å². The first-order valence-corrected chi connectivity index (χ1v) is 6.65. The van der Waals surface area contributed by atoms with Gasteiger partial charge >= 0.3 is 6.09 Å². The zero-order chi connectivity index (χ0) is 13.7.